The van der Waals surface area contributed by atoms with E-state index < -0.39 is 5.97 Å². The Labute approximate surface area is 97.8 Å². The van der Waals surface area contributed by atoms with E-state index in [-0.39, 0.29) is 24.2 Å². The van der Waals surface area contributed by atoms with Crippen molar-refractivity contribution in [3.05, 3.63) is 0 Å². The minimum absolute atomic E-state index is 0. The number of carboxylic acids is 1. The molecular formula is C11H22ClNO2. The third-order valence-corrected chi connectivity index (χ3v) is 3.48. The molecule has 15 heavy (non-hydrogen) atoms. The average molecular weight is 236 g/mol. The number of carbonyl (C=O) groups is 1. The first-order chi connectivity index (χ1) is 6.42. The van der Waals surface area contributed by atoms with Gasteiger partial charge in [0, 0.05) is 6.04 Å². The second-order valence-corrected chi connectivity index (χ2v) is 5.17. The normalized spacial score (nSPS) is 26.9. The number of halogens is 1. The fourth-order valence-corrected chi connectivity index (χ4v) is 2.43. The van der Waals surface area contributed by atoms with Crippen molar-refractivity contribution in [2.75, 3.05) is 0 Å². The molecule has 0 aromatic carbocycles. The van der Waals surface area contributed by atoms with Crippen LogP contribution in [-0.2, 0) is 4.79 Å². The lowest BCUT2D eigenvalue weighted by Gasteiger charge is -2.37. The largest absolute Gasteiger partial charge is 0.481 e. The molecule has 0 spiro atoms. The fraction of sp³-hybridized carbons (Fsp3) is 0.909. The summed E-state index contributed by atoms with van der Waals surface area (Å²) in [6, 6.07) is 0.340. The summed E-state index contributed by atoms with van der Waals surface area (Å²) in [5.74, 6) is -0.164. The van der Waals surface area contributed by atoms with E-state index >= 15 is 0 Å². The van der Waals surface area contributed by atoms with Gasteiger partial charge in [0.2, 0.25) is 0 Å². The summed E-state index contributed by atoms with van der Waals surface area (Å²) in [5.41, 5.74) is 5.75. The molecule has 0 aliphatic heterocycles. The molecule has 0 unspecified atom stereocenters. The first-order valence-electron chi connectivity index (χ1n) is 5.39. The predicted octanol–water partition coefficient (Wildman–Crippen LogP) is 2.43. The number of aliphatic carboxylic acids is 1. The molecule has 1 fully saturated rings. The van der Waals surface area contributed by atoms with Gasteiger partial charge in [0.15, 0.2) is 0 Å². The van der Waals surface area contributed by atoms with Crippen molar-refractivity contribution < 1.29 is 9.90 Å². The average Bonchev–Trinajstić information content (AvgIpc) is 2.02. The molecule has 1 aliphatic carbocycles. The number of hydrogen-bond acceptors (Lipinski definition) is 2. The van der Waals surface area contributed by atoms with Crippen LogP contribution in [0.4, 0.5) is 0 Å². The number of carboxylic acid groups (broad SMARTS) is 1. The van der Waals surface area contributed by atoms with Crippen LogP contribution in [0.3, 0.4) is 0 Å². The van der Waals surface area contributed by atoms with Gasteiger partial charge in [0.05, 0.1) is 6.42 Å². The summed E-state index contributed by atoms with van der Waals surface area (Å²) in [6.07, 6.45) is 4.54. The molecule has 0 aromatic heterocycles. The van der Waals surface area contributed by atoms with Gasteiger partial charge in [-0.3, -0.25) is 4.79 Å². The summed E-state index contributed by atoms with van der Waals surface area (Å²) in [4.78, 5) is 10.7. The van der Waals surface area contributed by atoms with Gasteiger partial charge < -0.3 is 10.8 Å². The predicted molar refractivity (Wildman–Crippen MR) is 63.2 cm³/mol. The number of nitrogens with two attached hydrogens (primary N) is 1. The molecule has 1 rings (SSSR count). The van der Waals surface area contributed by atoms with Crippen molar-refractivity contribution >= 4 is 18.4 Å². The van der Waals surface area contributed by atoms with E-state index in [2.05, 4.69) is 13.8 Å². The van der Waals surface area contributed by atoms with Crippen molar-refractivity contribution in [3.8, 4) is 0 Å². The van der Waals surface area contributed by atoms with Gasteiger partial charge in [-0.2, -0.15) is 0 Å². The maximum absolute atomic E-state index is 10.7. The van der Waals surface area contributed by atoms with Crippen LogP contribution in [0.15, 0.2) is 0 Å². The number of rotatable bonds is 3. The van der Waals surface area contributed by atoms with Crippen LogP contribution in [0.5, 0.6) is 0 Å². The van der Waals surface area contributed by atoms with E-state index in [4.69, 9.17) is 10.8 Å². The molecule has 0 bridgehead atoms. The first kappa shape index (κ1) is 14.7. The summed E-state index contributed by atoms with van der Waals surface area (Å²) in [7, 11) is 0. The SMILES string of the molecule is CC(C)(CC(=O)O)C1CCC(N)CC1.Cl. The molecule has 0 radical (unpaired) electrons. The Hall–Kier alpha value is -0.280. The van der Waals surface area contributed by atoms with Crippen LogP contribution in [0.1, 0.15) is 46.0 Å². The Morgan fingerprint density at radius 1 is 1.33 bits per heavy atom. The highest BCUT2D eigenvalue weighted by atomic mass is 35.5. The quantitative estimate of drug-likeness (QED) is 0.790. The van der Waals surface area contributed by atoms with Crippen LogP contribution in [0.25, 0.3) is 0 Å². The van der Waals surface area contributed by atoms with Gasteiger partial charge in [-0.05, 0) is 37.0 Å². The van der Waals surface area contributed by atoms with Crippen molar-refractivity contribution in [3.63, 3.8) is 0 Å². The topological polar surface area (TPSA) is 63.3 Å². The van der Waals surface area contributed by atoms with Crippen LogP contribution in [-0.4, -0.2) is 17.1 Å². The molecule has 1 aliphatic rings. The van der Waals surface area contributed by atoms with Crippen LogP contribution >= 0.6 is 12.4 Å². The highest BCUT2D eigenvalue weighted by molar-refractivity contribution is 5.85. The van der Waals surface area contributed by atoms with Crippen LogP contribution in [0, 0.1) is 11.3 Å². The highest BCUT2D eigenvalue weighted by Gasteiger charge is 2.33. The van der Waals surface area contributed by atoms with E-state index in [0.717, 1.165) is 25.7 Å². The van der Waals surface area contributed by atoms with E-state index in [0.29, 0.717) is 12.0 Å². The van der Waals surface area contributed by atoms with Crippen LogP contribution in [0.2, 0.25) is 0 Å². The lowest BCUT2D eigenvalue weighted by Crippen LogP contribution is -2.34. The first-order valence-corrected chi connectivity index (χ1v) is 5.39. The van der Waals surface area contributed by atoms with E-state index in [9.17, 15) is 4.79 Å². The molecule has 0 heterocycles. The molecule has 0 saturated heterocycles. The lowest BCUT2D eigenvalue weighted by atomic mass is 9.68. The molecule has 4 heteroatoms. The van der Waals surface area contributed by atoms with E-state index in [1.165, 1.54) is 0 Å². The smallest absolute Gasteiger partial charge is 0.303 e. The molecular weight excluding hydrogens is 214 g/mol. The van der Waals surface area contributed by atoms with Crippen molar-refractivity contribution in [1.82, 2.24) is 0 Å². The van der Waals surface area contributed by atoms with Gasteiger partial charge in [0.1, 0.15) is 0 Å². The summed E-state index contributed by atoms with van der Waals surface area (Å²) in [6.45, 7) is 4.12. The third-order valence-electron chi connectivity index (χ3n) is 3.48. The van der Waals surface area contributed by atoms with Gasteiger partial charge in [0.25, 0.3) is 0 Å². The summed E-state index contributed by atoms with van der Waals surface area (Å²) in [5, 5.41) is 8.81. The second kappa shape index (κ2) is 5.71. The lowest BCUT2D eigenvalue weighted by molar-refractivity contribution is -0.140. The van der Waals surface area contributed by atoms with Gasteiger partial charge in [-0.1, -0.05) is 13.8 Å². The Kier molecular flexibility index (Phi) is 5.60. The molecule has 1 saturated carbocycles. The van der Waals surface area contributed by atoms with Crippen molar-refractivity contribution in [2.24, 2.45) is 17.1 Å². The Bertz CT molecular complexity index is 211. The minimum Gasteiger partial charge on any atom is -0.481 e. The Balaban J connectivity index is 0.00000196. The second-order valence-electron chi connectivity index (χ2n) is 5.17. The molecule has 3 N–H and O–H groups in total. The zero-order valence-corrected chi connectivity index (χ0v) is 10.3. The third kappa shape index (κ3) is 4.39. The maximum Gasteiger partial charge on any atom is 0.303 e. The molecule has 90 valence electrons. The monoisotopic (exact) mass is 235 g/mol. The van der Waals surface area contributed by atoms with E-state index in [1.54, 1.807) is 0 Å². The molecule has 3 nitrogen and oxygen atoms in total. The summed E-state index contributed by atoms with van der Waals surface area (Å²) >= 11 is 0. The zero-order chi connectivity index (χ0) is 10.8. The standard InChI is InChI=1S/C11H21NO2.ClH/c1-11(2,7-10(13)14)8-3-5-9(12)6-4-8;/h8-9H,3-7,12H2,1-2H3,(H,13,14);1H. The fourth-order valence-electron chi connectivity index (χ4n) is 2.43. The van der Waals surface area contributed by atoms with Crippen molar-refractivity contribution in [1.29, 1.82) is 0 Å². The van der Waals surface area contributed by atoms with Crippen molar-refractivity contribution in [2.45, 2.75) is 52.0 Å². The maximum atomic E-state index is 10.7. The highest BCUT2D eigenvalue weighted by Crippen LogP contribution is 2.40. The van der Waals surface area contributed by atoms with Gasteiger partial charge >= 0.3 is 5.97 Å². The Morgan fingerprint density at radius 3 is 2.20 bits per heavy atom. The van der Waals surface area contributed by atoms with E-state index in [1.807, 2.05) is 0 Å². The molecule has 0 amide bonds. The molecule has 0 atom stereocenters. The molecule has 0 aromatic rings. The zero-order valence-electron chi connectivity index (χ0n) is 9.53. The van der Waals surface area contributed by atoms with Crippen LogP contribution < -0.4 is 5.73 Å². The Morgan fingerprint density at radius 2 is 1.80 bits per heavy atom. The summed E-state index contributed by atoms with van der Waals surface area (Å²) < 4.78 is 0. The van der Waals surface area contributed by atoms with Gasteiger partial charge in [-0.15, -0.1) is 12.4 Å². The minimum atomic E-state index is -0.690. The van der Waals surface area contributed by atoms with Gasteiger partial charge in [-0.25, -0.2) is 0 Å². The number of hydrogen-bond donors (Lipinski definition) is 2.